The number of carbonyl (C=O) groups is 1. The first-order valence-corrected chi connectivity index (χ1v) is 13.6. The van der Waals surface area contributed by atoms with Gasteiger partial charge in [-0.1, -0.05) is 11.6 Å². The molecule has 3 aromatic rings. The average Bonchev–Trinajstić information content (AvgIpc) is 3.69. The van der Waals surface area contributed by atoms with Gasteiger partial charge >= 0.3 is 6.09 Å². The van der Waals surface area contributed by atoms with E-state index in [-0.39, 0.29) is 40.2 Å². The second kappa shape index (κ2) is 9.68. The largest absolute Gasteiger partial charge is 0.488 e. The predicted molar refractivity (Wildman–Crippen MR) is 140 cm³/mol. The summed E-state index contributed by atoms with van der Waals surface area (Å²) in [7, 11) is 1.36. The molecule has 0 radical (unpaired) electrons. The third-order valence-electron chi connectivity index (χ3n) is 8.12. The zero-order chi connectivity index (χ0) is 27.7. The number of hydrogen-bond donors (Lipinski definition) is 2. The maximum Gasteiger partial charge on any atom is 0.409 e. The number of likely N-dealkylation sites (tertiary alicyclic amines) is 1. The van der Waals surface area contributed by atoms with E-state index < -0.39 is 30.4 Å². The van der Waals surface area contributed by atoms with Crippen LogP contribution in [0.15, 0.2) is 12.3 Å². The van der Waals surface area contributed by atoms with Gasteiger partial charge in [0.25, 0.3) is 0 Å². The highest BCUT2D eigenvalue weighted by Crippen LogP contribution is 2.45. The standard InChI is InChI=1S/C26H28ClFN6O6/c1-11-9-39-23-13(19-14(27)7-29-25(32-19)30-16-6-18-38-10-17(40-18)22(16)35)5-15(28)20-21(23)34(11)24(31-20)12-3-4-33(8-12)26(36)37-2/h5,7,11-12,16-18,22,35H,3-4,6,8-10H2,1-2H3,(H,29,30,32)/t11-,12+,16+,17-,18-,22-/m0/s1. The van der Waals surface area contributed by atoms with Crippen LogP contribution in [0.3, 0.4) is 0 Å². The Morgan fingerprint density at radius 3 is 3.00 bits per heavy atom. The first kappa shape index (κ1) is 25.7. The van der Waals surface area contributed by atoms with Gasteiger partial charge in [0.1, 0.15) is 35.7 Å². The number of benzene rings is 1. The molecule has 7 rings (SSSR count). The van der Waals surface area contributed by atoms with Crippen LogP contribution in [0.4, 0.5) is 15.1 Å². The molecule has 4 aliphatic heterocycles. The highest BCUT2D eigenvalue weighted by atomic mass is 35.5. The van der Waals surface area contributed by atoms with Crippen molar-refractivity contribution in [3.63, 3.8) is 0 Å². The summed E-state index contributed by atoms with van der Waals surface area (Å²) in [5.74, 6) is 0.749. The Morgan fingerprint density at radius 1 is 1.32 bits per heavy atom. The normalized spacial score (nSPS) is 29.1. The van der Waals surface area contributed by atoms with Crippen molar-refractivity contribution in [1.82, 2.24) is 24.4 Å². The van der Waals surface area contributed by atoms with Crippen LogP contribution in [0.1, 0.15) is 37.5 Å². The Hall–Kier alpha value is -3.26. The van der Waals surface area contributed by atoms with E-state index >= 15 is 4.39 Å². The molecule has 2 N–H and O–H groups in total. The molecule has 40 heavy (non-hydrogen) atoms. The fourth-order valence-electron chi connectivity index (χ4n) is 6.14. The SMILES string of the molecule is COC(=O)N1CC[C@@H](c2nc3c(F)cc(-c4nc(N[C@@H]5C[C@H]6OC[C@H](O6)[C@H]5O)ncc4Cl)c4c3n2[C@@H](C)CO4)C1. The van der Waals surface area contributed by atoms with Gasteiger partial charge in [0.05, 0.1) is 42.7 Å². The fourth-order valence-corrected chi connectivity index (χ4v) is 6.34. The van der Waals surface area contributed by atoms with E-state index in [9.17, 15) is 9.90 Å². The van der Waals surface area contributed by atoms with Crippen molar-refractivity contribution in [2.75, 3.05) is 38.7 Å². The molecule has 0 aliphatic carbocycles. The van der Waals surface area contributed by atoms with Crippen LogP contribution in [-0.4, -0.2) is 93.6 Å². The summed E-state index contributed by atoms with van der Waals surface area (Å²) < 4.78 is 39.9. The molecule has 212 valence electrons. The van der Waals surface area contributed by atoms with Crippen LogP contribution in [0.25, 0.3) is 22.3 Å². The molecule has 0 saturated carbocycles. The van der Waals surface area contributed by atoms with E-state index in [0.29, 0.717) is 61.8 Å². The summed E-state index contributed by atoms with van der Waals surface area (Å²) in [6.45, 7) is 3.62. The Labute approximate surface area is 233 Å². The summed E-state index contributed by atoms with van der Waals surface area (Å²) in [5.41, 5.74) is 1.38. The first-order chi connectivity index (χ1) is 19.3. The molecule has 0 spiro atoms. The maximum atomic E-state index is 15.7. The number of halogens is 2. The van der Waals surface area contributed by atoms with Crippen LogP contribution < -0.4 is 10.1 Å². The molecule has 3 saturated heterocycles. The van der Waals surface area contributed by atoms with Gasteiger partial charge in [0, 0.05) is 31.0 Å². The minimum Gasteiger partial charge on any atom is -0.488 e. The fraction of sp³-hybridized carbons (Fsp3) is 0.538. The lowest BCUT2D eigenvalue weighted by atomic mass is 10.0. The number of amides is 1. The molecule has 0 unspecified atom stereocenters. The number of aliphatic hydroxyl groups excluding tert-OH is 1. The zero-order valence-corrected chi connectivity index (χ0v) is 22.6. The molecule has 1 aromatic carbocycles. The number of carbonyl (C=O) groups excluding carboxylic acids is 1. The highest BCUT2D eigenvalue weighted by molar-refractivity contribution is 6.33. The van der Waals surface area contributed by atoms with Crippen LogP contribution in [-0.2, 0) is 14.2 Å². The number of aromatic nitrogens is 4. The van der Waals surface area contributed by atoms with Gasteiger partial charge in [-0.2, -0.15) is 0 Å². The van der Waals surface area contributed by atoms with Crippen molar-refractivity contribution in [3.8, 4) is 17.0 Å². The van der Waals surface area contributed by atoms with Crippen LogP contribution >= 0.6 is 11.6 Å². The monoisotopic (exact) mass is 574 g/mol. The van der Waals surface area contributed by atoms with Gasteiger partial charge in [-0.05, 0) is 19.4 Å². The molecule has 1 amide bonds. The molecule has 6 atom stereocenters. The average molecular weight is 575 g/mol. The Balaban J connectivity index is 1.28. The first-order valence-electron chi connectivity index (χ1n) is 13.3. The number of nitrogens with one attached hydrogen (secondary N) is 1. The molecule has 2 bridgehead atoms. The maximum absolute atomic E-state index is 15.7. The van der Waals surface area contributed by atoms with Gasteiger partial charge in [-0.3, -0.25) is 0 Å². The zero-order valence-electron chi connectivity index (χ0n) is 21.8. The number of hydrogen-bond acceptors (Lipinski definition) is 10. The number of nitrogens with zero attached hydrogens (tertiary/aromatic N) is 5. The van der Waals surface area contributed by atoms with E-state index in [1.807, 2.05) is 11.5 Å². The van der Waals surface area contributed by atoms with E-state index in [4.69, 9.17) is 35.5 Å². The number of ether oxygens (including phenoxy) is 4. The van der Waals surface area contributed by atoms with Crippen molar-refractivity contribution in [3.05, 3.63) is 28.9 Å². The number of fused-ring (bicyclic) bond motifs is 2. The number of rotatable bonds is 4. The Kier molecular flexibility index (Phi) is 6.22. The van der Waals surface area contributed by atoms with Crippen molar-refractivity contribution in [2.45, 2.75) is 56.3 Å². The molecule has 4 aliphatic rings. The number of imidazole rings is 1. The summed E-state index contributed by atoms with van der Waals surface area (Å²) in [5, 5.41) is 14.0. The predicted octanol–water partition coefficient (Wildman–Crippen LogP) is 3.08. The van der Waals surface area contributed by atoms with Crippen molar-refractivity contribution in [2.24, 2.45) is 0 Å². The Bertz CT molecular complexity index is 1500. The van der Waals surface area contributed by atoms with Crippen molar-refractivity contribution >= 4 is 34.7 Å². The van der Waals surface area contributed by atoms with E-state index in [2.05, 4.69) is 15.3 Å². The molecule has 6 heterocycles. The number of methoxy groups -OCH3 is 1. The van der Waals surface area contributed by atoms with Gasteiger partial charge < -0.3 is 38.8 Å². The van der Waals surface area contributed by atoms with Gasteiger partial charge in [-0.15, -0.1) is 0 Å². The third-order valence-corrected chi connectivity index (χ3v) is 8.39. The molecular weight excluding hydrogens is 547 g/mol. The minimum absolute atomic E-state index is 0.0774. The van der Waals surface area contributed by atoms with Gasteiger partial charge in [-0.25, -0.2) is 24.1 Å². The van der Waals surface area contributed by atoms with E-state index in [1.54, 1.807) is 4.90 Å². The highest BCUT2D eigenvalue weighted by Gasteiger charge is 2.43. The lowest BCUT2D eigenvalue weighted by Gasteiger charge is -2.32. The van der Waals surface area contributed by atoms with Gasteiger partial charge in [0.15, 0.2) is 17.9 Å². The third kappa shape index (κ3) is 4.06. The number of aliphatic hydroxyl groups is 1. The topological polar surface area (TPSA) is 133 Å². The summed E-state index contributed by atoms with van der Waals surface area (Å²) in [6, 6.07) is 0.828. The second-order valence-electron chi connectivity index (χ2n) is 10.6. The van der Waals surface area contributed by atoms with Crippen LogP contribution in [0.5, 0.6) is 5.75 Å². The summed E-state index contributed by atoms with van der Waals surface area (Å²) in [6.07, 6.45) is 0.525. The molecule has 14 heteroatoms. The van der Waals surface area contributed by atoms with Crippen molar-refractivity contribution in [1.29, 1.82) is 0 Å². The minimum atomic E-state index is -0.806. The lowest BCUT2D eigenvalue weighted by Crippen LogP contribution is -2.48. The molecule has 3 fully saturated rings. The quantitative estimate of drug-likeness (QED) is 0.479. The molecule has 2 aromatic heterocycles. The second-order valence-corrected chi connectivity index (χ2v) is 11.0. The molecule has 12 nitrogen and oxygen atoms in total. The van der Waals surface area contributed by atoms with Crippen LogP contribution in [0.2, 0.25) is 5.02 Å². The Morgan fingerprint density at radius 2 is 2.17 bits per heavy atom. The lowest BCUT2D eigenvalue weighted by molar-refractivity contribution is -0.123. The van der Waals surface area contributed by atoms with E-state index in [0.717, 1.165) is 0 Å². The molecular formula is C26H28ClFN6O6. The smallest absolute Gasteiger partial charge is 0.409 e. The number of anilines is 1. The summed E-state index contributed by atoms with van der Waals surface area (Å²) in [4.78, 5) is 27.3. The van der Waals surface area contributed by atoms with Crippen molar-refractivity contribution < 1.29 is 33.2 Å². The van der Waals surface area contributed by atoms with Crippen LogP contribution in [0, 0.1) is 5.82 Å². The summed E-state index contributed by atoms with van der Waals surface area (Å²) >= 11 is 6.55. The van der Waals surface area contributed by atoms with Gasteiger partial charge in [0.2, 0.25) is 5.95 Å². The van der Waals surface area contributed by atoms with E-state index in [1.165, 1.54) is 19.4 Å².